The van der Waals surface area contributed by atoms with E-state index >= 15 is 0 Å². The third kappa shape index (κ3) is 3.53. The molecule has 48 valence electrons. The Labute approximate surface area is 51.2 Å². The van der Waals surface area contributed by atoms with Crippen LogP contribution in [0.2, 0.25) is 0 Å². The molecule has 0 aliphatic rings. The summed E-state index contributed by atoms with van der Waals surface area (Å²) in [6, 6.07) is 0. The molecule has 0 bridgehead atoms. The minimum Gasteiger partial charge on any atom is -0.393 e. The van der Waals surface area contributed by atoms with Crippen LogP contribution in [0.1, 0.15) is 6.92 Å². The molecule has 0 atom stereocenters. The van der Waals surface area contributed by atoms with Crippen molar-refractivity contribution in [2.45, 2.75) is 6.92 Å². The fourth-order valence-electron chi connectivity index (χ4n) is 0.307. The average molecular weight is 114 g/mol. The lowest BCUT2D eigenvalue weighted by Gasteiger charge is -2.08. The van der Waals surface area contributed by atoms with Crippen LogP contribution in [0.15, 0.2) is 12.4 Å². The van der Waals surface area contributed by atoms with Gasteiger partial charge >= 0.3 is 0 Å². The Morgan fingerprint density at radius 3 is 2.62 bits per heavy atom. The van der Waals surface area contributed by atoms with E-state index in [4.69, 9.17) is 0 Å². The number of nitrogens with zero attached hydrogens (tertiary/aromatic N) is 1. The quantitative estimate of drug-likeness (QED) is 0.579. The van der Waals surface area contributed by atoms with Gasteiger partial charge in [0.25, 0.3) is 0 Å². The van der Waals surface area contributed by atoms with E-state index < -0.39 is 0 Å². The van der Waals surface area contributed by atoms with E-state index in [9.17, 15) is 0 Å². The highest BCUT2D eigenvalue weighted by atomic mass is 15.1. The van der Waals surface area contributed by atoms with Crippen molar-refractivity contribution >= 4 is 0 Å². The van der Waals surface area contributed by atoms with Crippen LogP contribution < -0.4 is 5.32 Å². The van der Waals surface area contributed by atoms with E-state index in [0.717, 1.165) is 6.54 Å². The lowest BCUT2D eigenvalue weighted by Crippen LogP contribution is -2.10. The molecule has 0 unspecified atom stereocenters. The molecule has 0 heterocycles. The molecule has 0 aliphatic carbocycles. The second-order valence-corrected chi connectivity index (χ2v) is 1.68. The van der Waals surface area contributed by atoms with Gasteiger partial charge in [-0.05, 0) is 6.92 Å². The maximum Gasteiger partial charge on any atom is 0.0147 e. The standard InChI is InChI=1S/C6H14N2/c1-4-8(3)6-5-7-2/h5-7H,4H2,1-3H3/b6-5-. The number of rotatable bonds is 3. The van der Waals surface area contributed by atoms with Crippen LogP contribution in [-0.4, -0.2) is 25.5 Å². The van der Waals surface area contributed by atoms with Crippen LogP contribution in [0.25, 0.3) is 0 Å². The van der Waals surface area contributed by atoms with Crippen LogP contribution >= 0.6 is 0 Å². The molecule has 0 spiro atoms. The van der Waals surface area contributed by atoms with Gasteiger partial charge in [0.1, 0.15) is 0 Å². The largest absolute Gasteiger partial charge is 0.393 e. The molecule has 0 radical (unpaired) electrons. The molecule has 0 saturated heterocycles. The first-order valence-corrected chi connectivity index (χ1v) is 2.85. The third-order valence-corrected chi connectivity index (χ3v) is 0.994. The maximum absolute atomic E-state index is 2.91. The first kappa shape index (κ1) is 7.34. The molecule has 0 rings (SSSR count). The average Bonchev–Trinajstić information content (AvgIpc) is 1.83. The van der Waals surface area contributed by atoms with Crippen molar-refractivity contribution in [3.8, 4) is 0 Å². The van der Waals surface area contributed by atoms with Crippen molar-refractivity contribution < 1.29 is 0 Å². The smallest absolute Gasteiger partial charge is 0.0147 e. The zero-order valence-electron chi connectivity index (χ0n) is 5.81. The normalized spacial score (nSPS) is 9.88. The van der Waals surface area contributed by atoms with Crippen LogP contribution in [-0.2, 0) is 0 Å². The minimum absolute atomic E-state index is 1.05. The van der Waals surface area contributed by atoms with E-state index in [1.807, 2.05) is 26.5 Å². The predicted molar refractivity (Wildman–Crippen MR) is 36.5 cm³/mol. The summed E-state index contributed by atoms with van der Waals surface area (Å²) in [5.41, 5.74) is 0. The summed E-state index contributed by atoms with van der Waals surface area (Å²) in [5.74, 6) is 0. The lowest BCUT2D eigenvalue weighted by molar-refractivity contribution is 0.481. The SMILES string of the molecule is CCN(C)/C=C\NC. The van der Waals surface area contributed by atoms with Crippen LogP contribution in [0.4, 0.5) is 0 Å². The van der Waals surface area contributed by atoms with E-state index in [1.165, 1.54) is 0 Å². The zero-order chi connectivity index (χ0) is 6.41. The summed E-state index contributed by atoms with van der Waals surface area (Å²) in [6.45, 7) is 3.16. The highest BCUT2D eigenvalue weighted by molar-refractivity contribution is 4.75. The van der Waals surface area contributed by atoms with Gasteiger partial charge < -0.3 is 10.2 Å². The van der Waals surface area contributed by atoms with Gasteiger partial charge in [-0.2, -0.15) is 0 Å². The summed E-state index contributed by atoms with van der Waals surface area (Å²) < 4.78 is 0. The Morgan fingerprint density at radius 2 is 2.25 bits per heavy atom. The Kier molecular flexibility index (Phi) is 4.13. The zero-order valence-corrected chi connectivity index (χ0v) is 5.81. The van der Waals surface area contributed by atoms with Gasteiger partial charge in [0.05, 0.1) is 0 Å². The monoisotopic (exact) mass is 114 g/mol. The first-order valence-electron chi connectivity index (χ1n) is 2.85. The molecule has 0 amide bonds. The molecule has 0 aromatic carbocycles. The Bertz CT molecular complexity index is 68.9. The van der Waals surface area contributed by atoms with Gasteiger partial charge in [0.2, 0.25) is 0 Å². The molecule has 0 aromatic rings. The molecule has 0 aromatic heterocycles. The Morgan fingerprint density at radius 1 is 1.62 bits per heavy atom. The van der Waals surface area contributed by atoms with E-state index in [-0.39, 0.29) is 0 Å². The van der Waals surface area contributed by atoms with Crippen LogP contribution in [0.5, 0.6) is 0 Å². The number of nitrogens with one attached hydrogen (secondary N) is 1. The van der Waals surface area contributed by atoms with Gasteiger partial charge in [-0.15, -0.1) is 0 Å². The molecular formula is C6H14N2. The summed E-state index contributed by atoms with van der Waals surface area (Å²) in [7, 11) is 3.92. The first-order chi connectivity index (χ1) is 3.81. The van der Waals surface area contributed by atoms with Gasteiger partial charge in [-0.25, -0.2) is 0 Å². The molecule has 0 saturated carbocycles. The van der Waals surface area contributed by atoms with Crippen LogP contribution in [0.3, 0.4) is 0 Å². The van der Waals surface area contributed by atoms with Gasteiger partial charge in [0, 0.05) is 33.0 Å². The summed E-state index contributed by atoms with van der Waals surface area (Å²) in [5, 5.41) is 2.91. The predicted octanol–water partition coefficient (Wildman–Crippen LogP) is 0.629. The van der Waals surface area contributed by atoms with E-state index in [1.54, 1.807) is 0 Å². The second-order valence-electron chi connectivity index (χ2n) is 1.68. The number of hydrogen-bond donors (Lipinski definition) is 1. The van der Waals surface area contributed by atoms with E-state index in [2.05, 4.69) is 17.1 Å². The topological polar surface area (TPSA) is 15.3 Å². The van der Waals surface area contributed by atoms with Gasteiger partial charge in [-0.1, -0.05) is 0 Å². The maximum atomic E-state index is 2.91. The summed E-state index contributed by atoms with van der Waals surface area (Å²) in [4.78, 5) is 2.09. The van der Waals surface area contributed by atoms with Gasteiger partial charge in [-0.3, -0.25) is 0 Å². The molecule has 2 nitrogen and oxygen atoms in total. The van der Waals surface area contributed by atoms with Crippen molar-refractivity contribution in [2.75, 3.05) is 20.6 Å². The van der Waals surface area contributed by atoms with Crippen molar-refractivity contribution in [1.82, 2.24) is 10.2 Å². The molecule has 0 fully saturated rings. The highest BCUT2D eigenvalue weighted by Crippen LogP contribution is 1.78. The molecule has 0 aliphatic heterocycles. The number of hydrogen-bond acceptors (Lipinski definition) is 2. The Balaban J connectivity index is 3.21. The lowest BCUT2D eigenvalue weighted by atomic mass is 10.6. The molecule has 1 N–H and O–H groups in total. The van der Waals surface area contributed by atoms with Crippen LogP contribution in [0, 0.1) is 0 Å². The Hall–Kier alpha value is -0.660. The highest BCUT2D eigenvalue weighted by Gasteiger charge is 1.78. The third-order valence-electron chi connectivity index (χ3n) is 0.994. The second kappa shape index (κ2) is 4.50. The van der Waals surface area contributed by atoms with Crippen molar-refractivity contribution in [2.24, 2.45) is 0 Å². The fourth-order valence-corrected chi connectivity index (χ4v) is 0.307. The minimum atomic E-state index is 1.05. The van der Waals surface area contributed by atoms with Crippen molar-refractivity contribution in [3.05, 3.63) is 12.4 Å². The molecular weight excluding hydrogens is 100 g/mol. The summed E-state index contributed by atoms with van der Waals surface area (Å²) >= 11 is 0. The van der Waals surface area contributed by atoms with Crippen molar-refractivity contribution in [1.29, 1.82) is 0 Å². The fraction of sp³-hybridized carbons (Fsp3) is 0.667. The van der Waals surface area contributed by atoms with E-state index in [0.29, 0.717) is 0 Å². The van der Waals surface area contributed by atoms with Crippen molar-refractivity contribution in [3.63, 3.8) is 0 Å². The molecule has 8 heavy (non-hydrogen) atoms. The van der Waals surface area contributed by atoms with Gasteiger partial charge in [0.15, 0.2) is 0 Å². The summed E-state index contributed by atoms with van der Waals surface area (Å²) in [6.07, 6.45) is 3.91. The molecule has 2 heteroatoms.